The quantitative estimate of drug-likeness (QED) is 0.872. The molecule has 0 unspecified atom stereocenters. The fraction of sp³-hybridized carbons (Fsp3) is 0.400. The molecule has 1 aromatic carbocycles. The Morgan fingerprint density at radius 2 is 1.81 bits per heavy atom. The minimum Gasteiger partial charge on any atom is -0.385 e. The van der Waals surface area contributed by atoms with E-state index in [1.807, 2.05) is 6.92 Å². The second-order valence-electron chi connectivity index (χ2n) is 3.26. The van der Waals surface area contributed by atoms with Crippen molar-refractivity contribution >= 4 is 15.5 Å². The summed E-state index contributed by atoms with van der Waals surface area (Å²) in [6.07, 6.45) is 0.928. The average molecular weight is 249 g/mol. The maximum atomic E-state index is 12.2. The van der Waals surface area contributed by atoms with Crippen LogP contribution in [0.3, 0.4) is 0 Å². The van der Waals surface area contributed by atoms with E-state index in [-0.39, 0.29) is 4.90 Å². The van der Waals surface area contributed by atoms with Crippen molar-refractivity contribution in [2.75, 3.05) is 11.9 Å². The van der Waals surface area contributed by atoms with Crippen LogP contribution in [0.25, 0.3) is 0 Å². The number of halogens is 2. The Bertz CT molecular complexity index is 429. The Kier molecular flexibility index (Phi) is 4.23. The molecule has 0 spiro atoms. The molecule has 1 N–H and O–H groups in total. The topological polar surface area (TPSA) is 46.2 Å². The first kappa shape index (κ1) is 12.9. The summed E-state index contributed by atoms with van der Waals surface area (Å²) in [6, 6.07) is 5.31. The number of alkyl halides is 2. The molecular weight excluding hydrogens is 236 g/mol. The summed E-state index contributed by atoms with van der Waals surface area (Å²) >= 11 is 0. The predicted molar refractivity (Wildman–Crippen MR) is 58.4 cm³/mol. The van der Waals surface area contributed by atoms with E-state index in [0.717, 1.165) is 18.7 Å². The summed E-state index contributed by atoms with van der Waals surface area (Å²) in [5, 5.41) is 3.02. The molecule has 0 amide bonds. The van der Waals surface area contributed by atoms with Crippen LogP contribution in [-0.4, -0.2) is 20.7 Å². The molecule has 1 aromatic rings. The third kappa shape index (κ3) is 2.91. The lowest BCUT2D eigenvalue weighted by Gasteiger charge is -2.06. The lowest BCUT2D eigenvalue weighted by Crippen LogP contribution is -2.11. The van der Waals surface area contributed by atoms with Gasteiger partial charge in [0.25, 0.3) is 0 Å². The molecule has 0 aliphatic heterocycles. The highest BCUT2D eigenvalue weighted by Gasteiger charge is 2.26. The van der Waals surface area contributed by atoms with Crippen LogP contribution in [0.1, 0.15) is 13.3 Å². The van der Waals surface area contributed by atoms with E-state index in [4.69, 9.17) is 0 Å². The Morgan fingerprint density at radius 1 is 1.25 bits per heavy atom. The second-order valence-corrected chi connectivity index (χ2v) is 5.17. The minimum absolute atomic E-state index is 0.357. The van der Waals surface area contributed by atoms with Crippen LogP contribution in [0, 0.1) is 0 Å². The zero-order valence-electron chi connectivity index (χ0n) is 8.78. The van der Waals surface area contributed by atoms with Gasteiger partial charge >= 0.3 is 5.76 Å². The van der Waals surface area contributed by atoms with Gasteiger partial charge in [-0.05, 0) is 30.7 Å². The van der Waals surface area contributed by atoms with E-state index in [1.165, 1.54) is 24.3 Å². The van der Waals surface area contributed by atoms with Gasteiger partial charge in [0.1, 0.15) is 0 Å². The smallest absolute Gasteiger partial charge is 0.341 e. The number of benzene rings is 1. The normalized spacial score (nSPS) is 11.8. The Hall–Kier alpha value is -1.17. The van der Waals surface area contributed by atoms with Crippen molar-refractivity contribution in [2.24, 2.45) is 0 Å². The number of anilines is 1. The number of sulfone groups is 1. The highest BCUT2D eigenvalue weighted by atomic mass is 32.2. The summed E-state index contributed by atoms with van der Waals surface area (Å²) in [5.74, 6) is -3.37. The molecule has 0 fully saturated rings. The zero-order valence-corrected chi connectivity index (χ0v) is 9.60. The maximum absolute atomic E-state index is 12.2. The Morgan fingerprint density at radius 3 is 2.25 bits per heavy atom. The van der Waals surface area contributed by atoms with Gasteiger partial charge in [-0.1, -0.05) is 6.92 Å². The van der Waals surface area contributed by atoms with Gasteiger partial charge in [-0.15, -0.1) is 0 Å². The summed E-state index contributed by atoms with van der Waals surface area (Å²) < 4.78 is 46.6. The first-order valence-electron chi connectivity index (χ1n) is 4.84. The Labute approximate surface area is 93.4 Å². The number of nitrogens with one attached hydrogen (secondary N) is 1. The van der Waals surface area contributed by atoms with E-state index in [1.54, 1.807) is 0 Å². The monoisotopic (exact) mass is 249 g/mol. The van der Waals surface area contributed by atoms with Crippen LogP contribution in [-0.2, 0) is 9.84 Å². The first-order valence-corrected chi connectivity index (χ1v) is 6.39. The molecule has 1 rings (SSSR count). The van der Waals surface area contributed by atoms with Gasteiger partial charge in [-0.25, -0.2) is 8.42 Å². The third-order valence-corrected chi connectivity index (χ3v) is 3.39. The highest BCUT2D eigenvalue weighted by molar-refractivity contribution is 7.91. The highest BCUT2D eigenvalue weighted by Crippen LogP contribution is 2.20. The molecule has 0 saturated carbocycles. The zero-order chi connectivity index (χ0) is 12.2. The van der Waals surface area contributed by atoms with E-state index in [0.29, 0.717) is 0 Å². The lowest BCUT2D eigenvalue weighted by atomic mass is 10.3. The van der Waals surface area contributed by atoms with E-state index < -0.39 is 15.6 Å². The van der Waals surface area contributed by atoms with Crippen molar-refractivity contribution in [1.29, 1.82) is 0 Å². The molecule has 0 aliphatic rings. The number of rotatable bonds is 5. The van der Waals surface area contributed by atoms with E-state index in [2.05, 4.69) is 5.32 Å². The largest absolute Gasteiger partial charge is 0.385 e. The summed E-state index contributed by atoms with van der Waals surface area (Å²) in [6.45, 7) is 2.74. The van der Waals surface area contributed by atoms with Crippen molar-refractivity contribution < 1.29 is 17.2 Å². The number of hydrogen-bond donors (Lipinski definition) is 1. The summed E-state index contributed by atoms with van der Waals surface area (Å²) in [5.41, 5.74) is 0.718. The number of hydrogen-bond acceptors (Lipinski definition) is 3. The molecule has 0 atom stereocenters. The summed E-state index contributed by atoms with van der Waals surface area (Å²) in [7, 11) is -4.48. The van der Waals surface area contributed by atoms with Gasteiger partial charge in [0, 0.05) is 12.2 Å². The molecule has 16 heavy (non-hydrogen) atoms. The molecule has 0 aromatic heterocycles. The standard InChI is InChI=1S/C10H13F2NO2S/c1-2-7-13-8-3-5-9(6-4-8)16(14,15)10(11)12/h3-6,10,13H,2,7H2,1H3. The maximum Gasteiger partial charge on any atom is 0.341 e. The van der Waals surface area contributed by atoms with Gasteiger partial charge in [0.15, 0.2) is 0 Å². The molecule has 0 heterocycles. The molecule has 3 nitrogen and oxygen atoms in total. The van der Waals surface area contributed by atoms with Crippen molar-refractivity contribution in [1.82, 2.24) is 0 Å². The third-order valence-electron chi connectivity index (χ3n) is 2.00. The van der Waals surface area contributed by atoms with Crippen molar-refractivity contribution in [3.05, 3.63) is 24.3 Å². The fourth-order valence-electron chi connectivity index (χ4n) is 1.13. The van der Waals surface area contributed by atoms with Gasteiger partial charge < -0.3 is 5.32 Å². The van der Waals surface area contributed by atoms with E-state index in [9.17, 15) is 17.2 Å². The van der Waals surface area contributed by atoms with Crippen LogP contribution >= 0.6 is 0 Å². The first-order chi connectivity index (χ1) is 7.48. The summed E-state index contributed by atoms with van der Waals surface area (Å²) in [4.78, 5) is -0.357. The van der Waals surface area contributed by atoms with Crippen LogP contribution in [0.4, 0.5) is 14.5 Å². The van der Waals surface area contributed by atoms with Gasteiger partial charge in [-0.3, -0.25) is 0 Å². The van der Waals surface area contributed by atoms with Crippen molar-refractivity contribution in [3.8, 4) is 0 Å². The Balaban J connectivity index is 2.87. The van der Waals surface area contributed by atoms with Gasteiger partial charge in [0.05, 0.1) is 4.90 Å². The molecule has 0 radical (unpaired) electrons. The molecule has 0 aliphatic carbocycles. The second kappa shape index (κ2) is 5.25. The van der Waals surface area contributed by atoms with Gasteiger partial charge in [-0.2, -0.15) is 8.78 Å². The lowest BCUT2D eigenvalue weighted by molar-refractivity contribution is 0.234. The van der Waals surface area contributed by atoms with Crippen LogP contribution in [0.15, 0.2) is 29.2 Å². The predicted octanol–water partition coefficient (Wildman–Crippen LogP) is 2.50. The molecule has 0 bridgehead atoms. The molecule has 6 heteroatoms. The SMILES string of the molecule is CCCNc1ccc(S(=O)(=O)C(F)F)cc1. The van der Waals surface area contributed by atoms with Crippen LogP contribution in [0.2, 0.25) is 0 Å². The fourth-order valence-corrected chi connectivity index (χ4v) is 1.86. The minimum atomic E-state index is -4.48. The van der Waals surface area contributed by atoms with Crippen LogP contribution in [0.5, 0.6) is 0 Å². The van der Waals surface area contributed by atoms with E-state index >= 15 is 0 Å². The van der Waals surface area contributed by atoms with Crippen molar-refractivity contribution in [2.45, 2.75) is 24.0 Å². The molecule has 0 saturated heterocycles. The van der Waals surface area contributed by atoms with Crippen molar-refractivity contribution in [3.63, 3.8) is 0 Å². The van der Waals surface area contributed by atoms with Crippen LogP contribution < -0.4 is 5.32 Å². The molecule has 90 valence electrons. The molecular formula is C10H13F2NO2S. The van der Waals surface area contributed by atoms with Gasteiger partial charge in [0.2, 0.25) is 9.84 Å². The average Bonchev–Trinajstić information content (AvgIpc) is 2.26.